The van der Waals surface area contributed by atoms with Gasteiger partial charge in [-0.15, -0.1) is 11.3 Å². The molecule has 2 heterocycles. The zero-order valence-corrected chi connectivity index (χ0v) is 16.3. The summed E-state index contributed by atoms with van der Waals surface area (Å²) >= 11 is 1.25. The molecule has 1 aromatic heterocycles. The molecule has 1 amide bonds. The van der Waals surface area contributed by atoms with Crippen molar-refractivity contribution in [2.24, 2.45) is 0 Å². The first-order valence-corrected chi connectivity index (χ1v) is 9.68. The van der Waals surface area contributed by atoms with Gasteiger partial charge in [-0.05, 0) is 42.0 Å². The molecule has 1 N–H and O–H groups in total. The maximum absolute atomic E-state index is 13.6. The Kier molecular flexibility index (Phi) is 5.44. The summed E-state index contributed by atoms with van der Waals surface area (Å²) in [5, 5.41) is 4.85. The lowest BCUT2D eigenvalue weighted by Crippen LogP contribution is -2.15. The molecule has 0 saturated carbocycles. The molecule has 0 aliphatic carbocycles. The Hall–Kier alpha value is -3.39. The molecule has 0 saturated heterocycles. The number of amides is 1. The van der Waals surface area contributed by atoms with Crippen molar-refractivity contribution in [3.05, 3.63) is 59.2 Å². The number of anilines is 1. The molecule has 6 nitrogen and oxygen atoms in total. The van der Waals surface area contributed by atoms with E-state index in [2.05, 4.69) is 10.3 Å². The molecule has 0 fully saturated rings. The van der Waals surface area contributed by atoms with E-state index < -0.39 is 0 Å². The van der Waals surface area contributed by atoms with Crippen molar-refractivity contribution in [3.63, 3.8) is 0 Å². The number of methoxy groups -OCH3 is 1. The van der Waals surface area contributed by atoms with Crippen LogP contribution >= 0.6 is 11.3 Å². The van der Waals surface area contributed by atoms with Crippen molar-refractivity contribution in [1.29, 1.82) is 0 Å². The number of rotatable bonds is 5. The van der Waals surface area contributed by atoms with Crippen LogP contribution in [0, 0.1) is 5.82 Å². The molecule has 1 aliphatic heterocycles. The second-order valence-electron chi connectivity index (χ2n) is 6.11. The summed E-state index contributed by atoms with van der Waals surface area (Å²) in [6.07, 6.45) is 3.09. The third-order valence-corrected chi connectivity index (χ3v) is 4.92. The quantitative estimate of drug-likeness (QED) is 0.630. The van der Waals surface area contributed by atoms with Crippen molar-refractivity contribution in [3.8, 4) is 28.5 Å². The first kappa shape index (κ1) is 18.9. The number of fused-ring (bicyclic) bond motifs is 1. The van der Waals surface area contributed by atoms with E-state index in [0.29, 0.717) is 46.9 Å². The summed E-state index contributed by atoms with van der Waals surface area (Å²) in [6, 6.07) is 9.68. The van der Waals surface area contributed by atoms with Crippen LogP contribution in [0.1, 0.15) is 5.56 Å². The standard InChI is InChI=1S/C21H17FN2O4S/c1-26-17-6-4-14(22)11-15(17)16-12-29-21(23-16)24-20(25)7-3-13-2-5-18-19(10-13)28-9-8-27-18/h2-7,10-12H,8-9H2,1H3,(H,23,24,25). The van der Waals surface area contributed by atoms with Crippen molar-refractivity contribution >= 4 is 28.5 Å². The largest absolute Gasteiger partial charge is 0.496 e. The minimum atomic E-state index is -0.387. The number of nitrogens with one attached hydrogen (secondary N) is 1. The first-order valence-electron chi connectivity index (χ1n) is 8.80. The van der Waals surface area contributed by atoms with E-state index in [1.165, 1.54) is 36.7 Å². The number of aromatic nitrogens is 1. The van der Waals surface area contributed by atoms with Gasteiger partial charge < -0.3 is 14.2 Å². The average molecular weight is 412 g/mol. The number of benzene rings is 2. The number of halogens is 1. The summed E-state index contributed by atoms with van der Waals surface area (Å²) < 4.78 is 29.8. The summed E-state index contributed by atoms with van der Waals surface area (Å²) in [4.78, 5) is 16.6. The van der Waals surface area contributed by atoms with E-state index in [1.807, 2.05) is 18.2 Å². The van der Waals surface area contributed by atoms with Gasteiger partial charge in [0.1, 0.15) is 24.8 Å². The van der Waals surface area contributed by atoms with Crippen LogP contribution in [-0.2, 0) is 4.79 Å². The lowest BCUT2D eigenvalue weighted by molar-refractivity contribution is -0.111. The molecular formula is C21H17FN2O4S. The van der Waals surface area contributed by atoms with Gasteiger partial charge in [-0.3, -0.25) is 10.1 Å². The Bertz CT molecular complexity index is 1080. The Balaban J connectivity index is 1.44. The molecule has 2 aromatic carbocycles. The van der Waals surface area contributed by atoms with Crippen molar-refractivity contribution in [2.75, 3.05) is 25.6 Å². The molecule has 4 rings (SSSR count). The average Bonchev–Trinajstić information content (AvgIpc) is 3.20. The van der Waals surface area contributed by atoms with Crippen molar-refractivity contribution in [2.45, 2.75) is 0 Å². The van der Waals surface area contributed by atoms with Gasteiger partial charge in [0.05, 0.1) is 12.8 Å². The van der Waals surface area contributed by atoms with Gasteiger partial charge in [0.15, 0.2) is 16.6 Å². The van der Waals surface area contributed by atoms with E-state index in [9.17, 15) is 9.18 Å². The number of hydrogen-bond acceptors (Lipinski definition) is 6. The van der Waals surface area contributed by atoms with Crippen molar-refractivity contribution in [1.82, 2.24) is 4.98 Å². The molecule has 1 aliphatic rings. The normalized spacial score (nSPS) is 12.8. The number of carbonyl (C=O) groups excluding carboxylic acids is 1. The van der Waals surface area contributed by atoms with Crippen LogP contribution < -0.4 is 19.5 Å². The van der Waals surface area contributed by atoms with E-state index in [-0.39, 0.29) is 11.7 Å². The highest BCUT2D eigenvalue weighted by molar-refractivity contribution is 7.14. The topological polar surface area (TPSA) is 69.7 Å². The minimum absolute atomic E-state index is 0.327. The third kappa shape index (κ3) is 4.38. The Labute approximate surface area is 170 Å². The van der Waals surface area contributed by atoms with Crippen LogP contribution in [0.3, 0.4) is 0 Å². The highest BCUT2D eigenvalue weighted by Crippen LogP contribution is 2.33. The maximum Gasteiger partial charge on any atom is 0.250 e. The molecule has 29 heavy (non-hydrogen) atoms. The lowest BCUT2D eigenvalue weighted by atomic mass is 10.1. The summed E-state index contributed by atoms with van der Waals surface area (Å²) in [7, 11) is 1.51. The molecule has 3 aromatic rings. The third-order valence-electron chi connectivity index (χ3n) is 4.17. The highest BCUT2D eigenvalue weighted by Gasteiger charge is 2.13. The number of thiazole rings is 1. The first-order chi connectivity index (χ1) is 14.1. The monoisotopic (exact) mass is 412 g/mol. The Morgan fingerprint density at radius 1 is 1.21 bits per heavy atom. The number of nitrogens with zero attached hydrogens (tertiary/aromatic N) is 1. The molecule has 0 atom stereocenters. The predicted molar refractivity (Wildman–Crippen MR) is 109 cm³/mol. The summed E-state index contributed by atoms with van der Waals surface area (Å²) in [6.45, 7) is 1.03. The van der Waals surface area contributed by atoms with Gasteiger partial charge in [0.2, 0.25) is 5.91 Å². The van der Waals surface area contributed by atoms with Crippen LogP contribution in [0.15, 0.2) is 47.9 Å². The van der Waals surface area contributed by atoms with E-state index in [0.717, 1.165) is 5.56 Å². The summed E-state index contributed by atoms with van der Waals surface area (Å²) in [5.74, 6) is 1.15. The van der Waals surface area contributed by atoms with Crippen LogP contribution in [0.2, 0.25) is 0 Å². The maximum atomic E-state index is 13.6. The Morgan fingerprint density at radius 3 is 2.86 bits per heavy atom. The molecule has 148 valence electrons. The van der Waals surface area contributed by atoms with Gasteiger partial charge >= 0.3 is 0 Å². The van der Waals surface area contributed by atoms with Crippen LogP contribution in [0.5, 0.6) is 17.2 Å². The fourth-order valence-electron chi connectivity index (χ4n) is 2.82. The lowest BCUT2D eigenvalue weighted by Gasteiger charge is -2.18. The molecule has 0 bridgehead atoms. The van der Waals surface area contributed by atoms with Gasteiger partial charge in [-0.25, -0.2) is 9.37 Å². The molecular weight excluding hydrogens is 395 g/mol. The number of hydrogen-bond donors (Lipinski definition) is 1. The van der Waals surface area contributed by atoms with Crippen LogP contribution in [0.25, 0.3) is 17.3 Å². The number of ether oxygens (including phenoxy) is 3. The molecule has 0 unspecified atom stereocenters. The zero-order valence-electron chi connectivity index (χ0n) is 15.5. The van der Waals surface area contributed by atoms with E-state index in [4.69, 9.17) is 14.2 Å². The van der Waals surface area contributed by atoms with Gasteiger partial charge in [-0.1, -0.05) is 6.07 Å². The van der Waals surface area contributed by atoms with Crippen LogP contribution in [-0.4, -0.2) is 31.2 Å². The molecule has 0 spiro atoms. The summed E-state index contributed by atoms with van der Waals surface area (Å²) in [5.41, 5.74) is 1.86. The van der Waals surface area contributed by atoms with Crippen LogP contribution in [0.4, 0.5) is 9.52 Å². The SMILES string of the molecule is COc1ccc(F)cc1-c1csc(NC(=O)C=Cc2ccc3c(c2)OCCO3)n1. The second kappa shape index (κ2) is 8.32. The fourth-order valence-corrected chi connectivity index (χ4v) is 3.53. The van der Waals surface area contributed by atoms with E-state index in [1.54, 1.807) is 17.5 Å². The fraction of sp³-hybridized carbons (Fsp3) is 0.143. The minimum Gasteiger partial charge on any atom is -0.496 e. The number of carbonyl (C=O) groups is 1. The predicted octanol–water partition coefficient (Wildman–Crippen LogP) is 4.38. The smallest absolute Gasteiger partial charge is 0.250 e. The molecule has 8 heteroatoms. The Morgan fingerprint density at radius 2 is 2.03 bits per heavy atom. The molecule has 0 radical (unpaired) electrons. The van der Waals surface area contributed by atoms with E-state index >= 15 is 0 Å². The highest BCUT2D eigenvalue weighted by atomic mass is 32.1. The van der Waals surface area contributed by atoms with Crippen molar-refractivity contribution < 1.29 is 23.4 Å². The zero-order chi connectivity index (χ0) is 20.2. The van der Waals surface area contributed by atoms with Gasteiger partial charge in [0, 0.05) is 17.0 Å². The van der Waals surface area contributed by atoms with Gasteiger partial charge in [0.25, 0.3) is 0 Å². The second-order valence-corrected chi connectivity index (χ2v) is 6.97. The van der Waals surface area contributed by atoms with Gasteiger partial charge in [-0.2, -0.15) is 0 Å².